The van der Waals surface area contributed by atoms with E-state index < -0.39 is 27.2 Å². The van der Waals surface area contributed by atoms with Crippen LogP contribution in [0.3, 0.4) is 0 Å². The second-order valence-electron chi connectivity index (χ2n) is 8.29. The van der Waals surface area contributed by atoms with Gasteiger partial charge in [-0.05, 0) is 51.0 Å². The number of benzene rings is 2. The molecule has 10 nitrogen and oxygen atoms in total. The summed E-state index contributed by atoms with van der Waals surface area (Å²) in [7, 11) is 0. The van der Waals surface area contributed by atoms with Crippen LogP contribution in [0, 0.1) is 27.2 Å². The minimum atomic E-state index is -0.728. The fourth-order valence-electron chi connectivity index (χ4n) is 4.73. The predicted octanol–water partition coefficient (Wildman–Crippen LogP) is 6.24. The first-order valence-corrected chi connectivity index (χ1v) is 11.2. The molecule has 1 heterocycles. The largest absolute Gasteiger partial charge is 0.462 e. The number of fused-ring (bicyclic) bond motifs is 1. The molecule has 0 spiro atoms. The predicted molar refractivity (Wildman–Crippen MR) is 125 cm³/mol. The molecule has 0 bridgehead atoms. The van der Waals surface area contributed by atoms with Crippen LogP contribution >= 0.6 is 0 Å². The van der Waals surface area contributed by atoms with Crippen molar-refractivity contribution in [3.8, 4) is 11.5 Å². The van der Waals surface area contributed by atoms with Crippen molar-refractivity contribution >= 4 is 28.2 Å². The molecule has 1 aromatic heterocycles. The zero-order chi connectivity index (χ0) is 24.4. The average molecular weight is 467 g/mol. The zero-order valence-electron chi connectivity index (χ0n) is 19.0. The summed E-state index contributed by atoms with van der Waals surface area (Å²) in [4.78, 5) is 33.9. The summed E-state index contributed by atoms with van der Waals surface area (Å²) in [5.41, 5.74) is 1.22. The molecule has 1 fully saturated rings. The van der Waals surface area contributed by atoms with E-state index >= 15 is 0 Å². The Hall–Kier alpha value is -3.95. The fraction of sp³-hybridized carbons (Fsp3) is 0.375. The molecule has 0 radical (unpaired) electrons. The van der Waals surface area contributed by atoms with E-state index in [0.29, 0.717) is 10.9 Å². The Morgan fingerprint density at radius 2 is 1.79 bits per heavy atom. The first-order chi connectivity index (χ1) is 16.3. The van der Waals surface area contributed by atoms with Crippen molar-refractivity contribution in [3.63, 3.8) is 0 Å². The maximum atomic E-state index is 12.9. The summed E-state index contributed by atoms with van der Waals surface area (Å²) >= 11 is 0. The van der Waals surface area contributed by atoms with Crippen molar-refractivity contribution in [1.82, 2.24) is 4.57 Å². The third-order valence-corrected chi connectivity index (χ3v) is 6.22. The highest BCUT2D eigenvalue weighted by molar-refractivity contribution is 6.06. The summed E-state index contributed by atoms with van der Waals surface area (Å²) in [6, 6.07) is 8.68. The molecule has 2 aromatic carbocycles. The molecule has 0 amide bonds. The number of carbonyl (C=O) groups excluding carboxylic acids is 1. The van der Waals surface area contributed by atoms with E-state index in [1.807, 2.05) is 13.0 Å². The Morgan fingerprint density at radius 1 is 1.06 bits per heavy atom. The van der Waals surface area contributed by atoms with Crippen LogP contribution in [0.25, 0.3) is 10.9 Å². The monoisotopic (exact) mass is 467 g/mol. The van der Waals surface area contributed by atoms with Gasteiger partial charge in [-0.25, -0.2) is 4.79 Å². The van der Waals surface area contributed by atoms with Crippen molar-refractivity contribution in [2.24, 2.45) is 0 Å². The number of esters is 1. The van der Waals surface area contributed by atoms with Gasteiger partial charge in [-0.15, -0.1) is 0 Å². The van der Waals surface area contributed by atoms with E-state index in [1.165, 1.54) is 12.5 Å². The number of nitrogens with zero attached hydrogens (tertiary/aromatic N) is 3. The molecule has 0 unspecified atom stereocenters. The van der Waals surface area contributed by atoms with E-state index in [2.05, 4.69) is 4.57 Å². The standard InChI is InChI=1S/C24H25N3O7/c1-3-33-24(28)23-15(2)25(16-7-5-4-6-8-16)20-11-10-18(14-19(20)23)34-22-12-9-17(26(29)30)13-21(22)27(31)32/h9-14,16H,3-8H2,1-2H3. The first kappa shape index (κ1) is 23.2. The lowest BCUT2D eigenvalue weighted by atomic mass is 9.95. The molecule has 1 aliphatic rings. The van der Waals surface area contributed by atoms with Crippen molar-refractivity contribution in [2.45, 2.75) is 52.0 Å². The second-order valence-corrected chi connectivity index (χ2v) is 8.29. The molecule has 3 aromatic rings. The number of aromatic nitrogens is 1. The minimum absolute atomic E-state index is 0.129. The number of nitro benzene ring substituents is 2. The number of hydrogen-bond donors (Lipinski definition) is 0. The lowest BCUT2D eigenvalue weighted by molar-refractivity contribution is -0.394. The van der Waals surface area contributed by atoms with Crippen LogP contribution in [0.5, 0.6) is 11.5 Å². The van der Waals surface area contributed by atoms with Gasteiger partial charge in [-0.2, -0.15) is 0 Å². The van der Waals surface area contributed by atoms with Gasteiger partial charge in [0.25, 0.3) is 5.69 Å². The van der Waals surface area contributed by atoms with E-state index in [-0.39, 0.29) is 24.1 Å². The highest BCUT2D eigenvalue weighted by atomic mass is 16.6. The summed E-state index contributed by atoms with van der Waals surface area (Å²) in [6.07, 6.45) is 5.51. The maximum absolute atomic E-state index is 12.9. The van der Waals surface area contributed by atoms with Gasteiger partial charge < -0.3 is 14.0 Å². The summed E-state index contributed by atoms with van der Waals surface area (Å²) in [5.74, 6) is -0.287. The van der Waals surface area contributed by atoms with Gasteiger partial charge in [0.2, 0.25) is 5.75 Å². The zero-order valence-corrected chi connectivity index (χ0v) is 19.0. The Kier molecular flexibility index (Phi) is 6.49. The molecule has 34 heavy (non-hydrogen) atoms. The number of hydrogen-bond acceptors (Lipinski definition) is 7. The SMILES string of the molecule is CCOC(=O)c1c(C)n(C2CCCCC2)c2ccc(Oc3ccc([N+](=O)[O-])cc3[N+](=O)[O-])cc12. The number of non-ortho nitro benzene ring substituents is 1. The van der Waals surface area contributed by atoms with E-state index in [4.69, 9.17) is 9.47 Å². The van der Waals surface area contributed by atoms with Crippen LogP contribution in [-0.2, 0) is 4.74 Å². The molecule has 10 heteroatoms. The lowest BCUT2D eigenvalue weighted by Crippen LogP contribution is -2.15. The molecule has 4 rings (SSSR count). The fourth-order valence-corrected chi connectivity index (χ4v) is 4.73. The Bertz CT molecular complexity index is 1280. The van der Waals surface area contributed by atoms with Crippen LogP contribution in [-0.4, -0.2) is 27.0 Å². The quantitative estimate of drug-likeness (QED) is 0.228. The van der Waals surface area contributed by atoms with Gasteiger partial charge in [0.05, 0.1) is 28.1 Å². The molecule has 1 saturated carbocycles. The summed E-state index contributed by atoms with van der Waals surface area (Å²) in [5, 5.41) is 23.1. The highest BCUT2D eigenvalue weighted by Crippen LogP contribution is 2.39. The van der Waals surface area contributed by atoms with Crippen molar-refractivity contribution in [3.05, 3.63) is 67.9 Å². The number of rotatable bonds is 7. The van der Waals surface area contributed by atoms with E-state index in [9.17, 15) is 25.0 Å². The van der Waals surface area contributed by atoms with Gasteiger partial charge >= 0.3 is 11.7 Å². The third kappa shape index (κ3) is 4.30. The molecule has 0 saturated heterocycles. The molecule has 178 valence electrons. The number of carbonyl (C=O) groups is 1. The molecule has 1 aliphatic carbocycles. The lowest BCUT2D eigenvalue weighted by Gasteiger charge is -2.26. The van der Waals surface area contributed by atoms with Crippen LogP contribution < -0.4 is 4.74 Å². The first-order valence-electron chi connectivity index (χ1n) is 11.2. The van der Waals surface area contributed by atoms with Gasteiger partial charge in [0.1, 0.15) is 5.75 Å². The topological polar surface area (TPSA) is 127 Å². The van der Waals surface area contributed by atoms with E-state index in [0.717, 1.165) is 49.0 Å². The Balaban J connectivity index is 1.81. The van der Waals surface area contributed by atoms with Crippen molar-refractivity contribution in [2.75, 3.05) is 6.61 Å². The molecule has 0 N–H and O–H groups in total. The molecule has 0 atom stereocenters. The van der Waals surface area contributed by atoms with Crippen LogP contribution in [0.1, 0.15) is 61.1 Å². The number of ether oxygens (including phenoxy) is 2. The Labute approximate surface area is 195 Å². The molecular weight excluding hydrogens is 442 g/mol. The van der Waals surface area contributed by atoms with Crippen molar-refractivity contribution < 1.29 is 24.1 Å². The average Bonchev–Trinajstić information content (AvgIpc) is 3.10. The third-order valence-electron chi connectivity index (χ3n) is 6.22. The van der Waals surface area contributed by atoms with Gasteiger partial charge in [-0.3, -0.25) is 20.2 Å². The summed E-state index contributed by atoms with van der Waals surface area (Å²) in [6.45, 7) is 3.89. The molecular formula is C24H25N3O7. The second kappa shape index (κ2) is 9.50. The highest BCUT2D eigenvalue weighted by Gasteiger charge is 2.27. The van der Waals surface area contributed by atoms with Crippen LogP contribution in [0.15, 0.2) is 36.4 Å². The normalized spacial score (nSPS) is 14.2. The van der Waals surface area contributed by atoms with Gasteiger partial charge in [-0.1, -0.05) is 19.3 Å². The van der Waals surface area contributed by atoms with Gasteiger partial charge in [0, 0.05) is 28.7 Å². The number of nitro groups is 2. The minimum Gasteiger partial charge on any atom is -0.462 e. The summed E-state index contributed by atoms with van der Waals surface area (Å²) < 4.78 is 13.3. The van der Waals surface area contributed by atoms with Gasteiger partial charge in [0.15, 0.2) is 0 Å². The Morgan fingerprint density at radius 3 is 2.44 bits per heavy atom. The smallest absolute Gasteiger partial charge is 0.340 e. The molecule has 0 aliphatic heterocycles. The van der Waals surface area contributed by atoms with Crippen molar-refractivity contribution in [1.29, 1.82) is 0 Å². The van der Waals surface area contributed by atoms with E-state index in [1.54, 1.807) is 19.1 Å². The van der Waals surface area contributed by atoms with Crippen LogP contribution in [0.2, 0.25) is 0 Å². The maximum Gasteiger partial charge on any atom is 0.340 e. The van der Waals surface area contributed by atoms with Crippen LogP contribution in [0.4, 0.5) is 11.4 Å².